The van der Waals surface area contributed by atoms with Crippen LogP contribution in [0, 0.1) is 6.92 Å². The molecule has 35 heavy (non-hydrogen) atoms. The van der Waals surface area contributed by atoms with Gasteiger partial charge >= 0.3 is 0 Å². The van der Waals surface area contributed by atoms with Crippen LogP contribution in [-0.2, 0) is 4.74 Å². The SMILES string of the molecule is COc1ccc(-c2cnccnccn2Nc2ccc(C(=O)NCCOCCN)c(C)c2)cc1Cl. The number of benzene rings is 2. The van der Waals surface area contributed by atoms with Crippen LogP contribution < -0.4 is 21.2 Å². The first kappa shape index (κ1) is 26.0. The van der Waals surface area contributed by atoms with Gasteiger partial charge in [-0.05, 0) is 48.9 Å². The van der Waals surface area contributed by atoms with E-state index in [-0.39, 0.29) is 5.91 Å². The van der Waals surface area contributed by atoms with Crippen molar-refractivity contribution in [2.45, 2.75) is 6.92 Å². The van der Waals surface area contributed by atoms with Crippen molar-refractivity contribution in [1.29, 1.82) is 0 Å². The predicted molar refractivity (Wildman–Crippen MR) is 137 cm³/mol. The molecule has 0 fully saturated rings. The summed E-state index contributed by atoms with van der Waals surface area (Å²) in [5.41, 5.74) is 12.4. The Kier molecular flexibility index (Phi) is 9.85. The second kappa shape index (κ2) is 13.3. The number of nitrogens with two attached hydrogens (primary N) is 1. The number of carbonyl (C=O) groups excluding carboxylic acids is 1. The van der Waals surface area contributed by atoms with Gasteiger partial charge in [-0.2, -0.15) is 0 Å². The normalized spacial score (nSPS) is 10.4. The maximum Gasteiger partial charge on any atom is 0.251 e. The molecule has 3 rings (SSSR count). The summed E-state index contributed by atoms with van der Waals surface area (Å²) < 4.78 is 12.3. The summed E-state index contributed by atoms with van der Waals surface area (Å²) in [4.78, 5) is 21.0. The second-order valence-electron chi connectivity index (χ2n) is 7.43. The number of rotatable bonds is 10. The van der Waals surface area contributed by atoms with E-state index < -0.39 is 0 Å². The van der Waals surface area contributed by atoms with E-state index in [1.807, 2.05) is 25.1 Å². The standard InChI is InChI=1S/C25H29ClN6O3/c1-18-15-20(4-5-21(18)25(33)30-11-14-35-13-7-27)31-32-12-10-28-8-9-29-17-23(32)19-3-6-24(34-2)22(26)16-19/h3-6,8-10,12,15-17,31H,7,11,13-14,27H2,1-2H3,(H,30,33). The minimum Gasteiger partial charge on any atom is -0.495 e. The van der Waals surface area contributed by atoms with E-state index in [4.69, 9.17) is 26.8 Å². The smallest absolute Gasteiger partial charge is 0.251 e. The van der Waals surface area contributed by atoms with E-state index in [1.165, 1.54) is 0 Å². The zero-order valence-corrected chi connectivity index (χ0v) is 20.5. The van der Waals surface area contributed by atoms with Crippen LogP contribution in [0.2, 0.25) is 5.02 Å². The summed E-state index contributed by atoms with van der Waals surface area (Å²) in [5.74, 6) is 0.418. The molecule has 4 N–H and O–H groups in total. The Balaban J connectivity index is 1.87. The molecule has 1 heterocycles. The minimum absolute atomic E-state index is 0.162. The second-order valence-corrected chi connectivity index (χ2v) is 7.83. The molecule has 0 aliphatic carbocycles. The van der Waals surface area contributed by atoms with Crippen molar-refractivity contribution in [2.24, 2.45) is 5.73 Å². The highest BCUT2D eigenvalue weighted by molar-refractivity contribution is 6.32. The van der Waals surface area contributed by atoms with Crippen molar-refractivity contribution >= 4 is 23.2 Å². The van der Waals surface area contributed by atoms with Crippen LogP contribution in [0.5, 0.6) is 5.75 Å². The molecule has 0 bridgehead atoms. The minimum atomic E-state index is -0.162. The zero-order chi connectivity index (χ0) is 25.0. The summed E-state index contributed by atoms with van der Waals surface area (Å²) in [6.45, 7) is 3.63. The lowest BCUT2D eigenvalue weighted by Crippen LogP contribution is -2.28. The highest BCUT2D eigenvalue weighted by Gasteiger charge is 2.11. The predicted octanol–water partition coefficient (Wildman–Crippen LogP) is 3.62. The quantitative estimate of drug-likeness (QED) is 0.367. The number of methoxy groups -OCH3 is 1. The molecule has 0 radical (unpaired) electrons. The van der Waals surface area contributed by atoms with Crippen LogP contribution in [0.1, 0.15) is 15.9 Å². The third-order valence-corrected chi connectivity index (χ3v) is 5.25. The van der Waals surface area contributed by atoms with Gasteiger partial charge in [0.2, 0.25) is 0 Å². The molecule has 0 aliphatic rings. The number of carbonyl (C=O) groups is 1. The molecular weight excluding hydrogens is 468 g/mol. The van der Waals surface area contributed by atoms with Gasteiger partial charge in [0.05, 0.1) is 42.9 Å². The molecular formula is C25H29ClN6O3. The summed E-state index contributed by atoms with van der Waals surface area (Å²) >= 11 is 6.37. The molecule has 184 valence electrons. The maximum absolute atomic E-state index is 12.5. The van der Waals surface area contributed by atoms with Crippen molar-refractivity contribution in [2.75, 3.05) is 38.8 Å². The van der Waals surface area contributed by atoms with Gasteiger partial charge in [-0.15, -0.1) is 0 Å². The summed E-state index contributed by atoms with van der Waals surface area (Å²) in [6, 6.07) is 11.0. The number of hydrogen-bond donors (Lipinski definition) is 3. The van der Waals surface area contributed by atoms with Crippen molar-refractivity contribution in [3.05, 3.63) is 83.5 Å². The Morgan fingerprint density at radius 2 is 1.94 bits per heavy atom. The van der Waals surface area contributed by atoms with Crippen molar-refractivity contribution < 1.29 is 14.3 Å². The fourth-order valence-electron chi connectivity index (χ4n) is 3.27. The highest BCUT2D eigenvalue weighted by Crippen LogP contribution is 2.29. The number of nitrogens with one attached hydrogen (secondary N) is 2. The Bertz CT molecular complexity index is 1200. The molecule has 0 spiro atoms. The number of nitrogens with zero attached hydrogens (tertiary/aromatic N) is 3. The number of hydrogen-bond acceptors (Lipinski definition) is 7. The molecule has 9 nitrogen and oxygen atoms in total. The first-order valence-corrected chi connectivity index (χ1v) is 11.4. The molecule has 0 unspecified atom stereocenters. The molecule has 2 aromatic carbocycles. The van der Waals surface area contributed by atoms with Gasteiger partial charge < -0.3 is 20.5 Å². The van der Waals surface area contributed by atoms with Crippen LogP contribution >= 0.6 is 11.6 Å². The van der Waals surface area contributed by atoms with Gasteiger partial charge in [-0.1, -0.05) is 11.6 Å². The van der Waals surface area contributed by atoms with Gasteiger partial charge in [-0.25, -0.2) is 0 Å². The van der Waals surface area contributed by atoms with E-state index in [9.17, 15) is 4.79 Å². The van der Waals surface area contributed by atoms with E-state index in [2.05, 4.69) is 20.7 Å². The van der Waals surface area contributed by atoms with Gasteiger partial charge in [0.1, 0.15) is 5.75 Å². The molecule has 0 saturated heterocycles. The molecule has 0 saturated carbocycles. The Labute approximate surface area is 209 Å². The number of aromatic nitrogens is 3. The molecule has 1 aromatic heterocycles. The molecule has 1 amide bonds. The van der Waals surface area contributed by atoms with Crippen molar-refractivity contribution in [3.8, 4) is 17.0 Å². The van der Waals surface area contributed by atoms with E-state index in [0.29, 0.717) is 42.6 Å². The topological polar surface area (TPSA) is 116 Å². The third kappa shape index (κ3) is 7.41. The van der Waals surface area contributed by atoms with Gasteiger partial charge in [0, 0.05) is 49.0 Å². The average molecular weight is 497 g/mol. The van der Waals surface area contributed by atoms with Crippen LogP contribution in [-0.4, -0.2) is 54.0 Å². The largest absolute Gasteiger partial charge is 0.495 e. The Hall–Kier alpha value is -3.66. The number of aryl methyl sites for hydroxylation is 1. The molecule has 0 aliphatic heterocycles. The van der Waals surface area contributed by atoms with E-state index in [0.717, 1.165) is 22.5 Å². The Morgan fingerprint density at radius 3 is 2.69 bits per heavy atom. The number of halogens is 1. The fourth-order valence-corrected chi connectivity index (χ4v) is 3.53. The van der Waals surface area contributed by atoms with Crippen LogP contribution in [0.15, 0.2) is 67.4 Å². The Morgan fingerprint density at radius 1 is 1.11 bits per heavy atom. The van der Waals surface area contributed by atoms with Gasteiger partial charge in [0.15, 0.2) is 0 Å². The average Bonchev–Trinajstić information content (AvgIpc) is 2.96. The van der Waals surface area contributed by atoms with Crippen molar-refractivity contribution in [3.63, 3.8) is 0 Å². The summed E-state index contributed by atoms with van der Waals surface area (Å²) in [6.07, 6.45) is 8.30. The number of amides is 1. The molecule has 3 aromatic rings. The number of ether oxygens (including phenoxy) is 2. The number of anilines is 1. The lowest BCUT2D eigenvalue weighted by molar-refractivity contribution is 0.0919. The first-order valence-electron chi connectivity index (χ1n) is 11.0. The summed E-state index contributed by atoms with van der Waals surface area (Å²) in [7, 11) is 1.57. The van der Waals surface area contributed by atoms with Gasteiger partial charge in [-0.3, -0.25) is 24.9 Å². The first-order chi connectivity index (χ1) is 17.0. The fraction of sp³-hybridized carbons (Fsp3) is 0.240. The molecule has 10 heteroatoms. The molecule has 0 atom stereocenters. The van der Waals surface area contributed by atoms with E-state index in [1.54, 1.807) is 61.0 Å². The van der Waals surface area contributed by atoms with Crippen LogP contribution in [0.4, 0.5) is 5.69 Å². The highest BCUT2D eigenvalue weighted by atomic mass is 35.5. The third-order valence-electron chi connectivity index (χ3n) is 4.96. The monoisotopic (exact) mass is 496 g/mol. The van der Waals surface area contributed by atoms with Crippen LogP contribution in [0.3, 0.4) is 0 Å². The van der Waals surface area contributed by atoms with Crippen molar-refractivity contribution in [1.82, 2.24) is 20.0 Å². The lowest BCUT2D eigenvalue weighted by Gasteiger charge is -2.16. The summed E-state index contributed by atoms with van der Waals surface area (Å²) in [5, 5.41) is 3.34. The van der Waals surface area contributed by atoms with E-state index >= 15 is 0 Å². The maximum atomic E-state index is 12.5. The zero-order valence-electron chi connectivity index (χ0n) is 19.7. The van der Waals surface area contributed by atoms with Gasteiger partial charge in [0.25, 0.3) is 5.91 Å². The van der Waals surface area contributed by atoms with Crippen LogP contribution in [0.25, 0.3) is 11.3 Å². The lowest BCUT2D eigenvalue weighted by atomic mass is 10.1.